The molecule has 1 N–H and O–H groups in total. The van der Waals surface area contributed by atoms with Crippen LogP contribution in [0.15, 0.2) is 79.1 Å². The summed E-state index contributed by atoms with van der Waals surface area (Å²) in [4.78, 5) is 35.0. The minimum atomic E-state index is -0.220. The van der Waals surface area contributed by atoms with Crippen molar-refractivity contribution in [2.24, 2.45) is 5.41 Å². The monoisotopic (exact) mass is 598 g/mol. The molecule has 1 atom stereocenters. The molecule has 9 heteroatoms. The van der Waals surface area contributed by atoms with Crippen molar-refractivity contribution < 1.29 is 14.3 Å². The molecule has 2 aromatic carbocycles. The maximum absolute atomic E-state index is 13.4. The van der Waals surface area contributed by atoms with Crippen molar-refractivity contribution in [2.75, 3.05) is 33.3 Å². The first-order valence-electron chi connectivity index (χ1n) is 13.9. The SMILES string of the molecule is COc1cccc(CC(=O)NC(CCN2CCC3(CC2)CCN(Cc2cccnc2)C3=O)c2ccccc2)c1.Cl.Cl. The molecule has 0 saturated carbocycles. The van der Waals surface area contributed by atoms with Crippen LogP contribution in [0.5, 0.6) is 5.75 Å². The number of piperidine rings is 1. The molecular formula is C32H40Cl2N4O3. The van der Waals surface area contributed by atoms with Gasteiger partial charge in [0.15, 0.2) is 0 Å². The van der Waals surface area contributed by atoms with E-state index in [2.05, 4.69) is 27.3 Å². The molecule has 2 fully saturated rings. The van der Waals surface area contributed by atoms with E-state index in [4.69, 9.17) is 4.74 Å². The normalized spacial score (nSPS) is 16.9. The Morgan fingerprint density at radius 1 is 0.976 bits per heavy atom. The highest BCUT2D eigenvalue weighted by molar-refractivity contribution is 5.86. The molecule has 1 unspecified atom stereocenters. The number of aromatic nitrogens is 1. The number of hydrogen-bond acceptors (Lipinski definition) is 5. The number of rotatable bonds is 10. The third kappa shape index (κ3) is 8.22. The van der Waals surface area contributed by atoms with Gasteiger partial charge in [-0.15, -0.1) is 24.8 Å². The van der Waals surface area contributed by atoms with Crippen molar-refractivity contribution in [1.29, 1.82) is 0 Å². The van der Waals surface area contributed by atoms with Gasteiger partial charge in [-0.05, 0) is 73.7 Å². The summed E-state index contributed by atoms with van der Waals surface area (Å²) in [6.45, 7) is 4.16. The van der Waals surface area contributed by atoms with Gasteiger partial charge in [-0.3, -0.25) is 14.6 Å². The average Bonchev–Trinajstić information content (AvgIpc) is 3.27. The zero-order valence-electron chi connectivity index (χ0n) is 23.5. The van der Waals surface area contributed by atoms with E-state index in [1.807, 2.05) is 65.7 Å². The Morgan fingerprint density at radius 2 is 1.71 bits per heavy atom. The van der Waals surface area contributed by atoms with Crippen molar-refractivity contribution >= 4 is 36.6 Å². The predicted molar refractivity (Wildman–Crippen MR) is 166 cm³/mol. The Kier molecular flexibility index (Phi) is 12.0. The van der Waals surface area contributed by atoms with Crippen LogP contribution in [-0.4, -0.2) is 59.9 Å². The highest BCUT2D eigenvalue weighted by Gasteiger charge is 2.47. The van der Waals surface area contributed by atoms with Crippen LogP contribution in [0.2, 0.25) is 0 Å². The first-order valence-corrected chi connectivity index (χ1v) is 13.9. The molecule has 7 nitrogen and oxygen atoms in total. The molecule has 41 heavy (non-hydrogen) atoms. The summed E-state index contributed by atoms with van der Waals surface area (Å²) >= 11 is 0. The molecule has 2 aliphatic heterocycles. The van der Waals surface area contributed by atoms with Crippen LogP contribution in [0.1, 0.15) is 48.4 Å². The molecule has 2 saturated heterocycles. The van der Waals surface area contributed by atoms with Gasteiger partial charge in [-0.25, -0.2) is 0 Å². The lowest BCUT2D eigenvalue weighted by Crippen LogP contribution is -2.45. The van der Waals surface area contributed by atoms with Crippen LogP contribution < -0.4 is 10.1 Å². The number of nitrogens with zero attached hydrogens (tertiary/aromatic N) is 3. The third-order valence-electron chi connectivity index (χ3n) is 8.28. The minimum Gasteiger partial charge on any atom is -0.497 e. The zero-order valence-corrected chi connectivity index (χ0v) is 25.2. The zero-order chi connectivity index (χ0) is 27.1. The van der Waals surface area contributed by atoms with Gasteiger partial charge in [-0.2, -0.15) is 0 Å². The predicted octanol–water partition coefficient (Wildman–Crippen LogP) is 5.24. The standard InChI is InChI=1S/C32H38N4O3.2ClH/c1-39-28-11-5-7-25(21-28)22-30(37)34-29(27-9-3-2-4-10-27)12-17-35-18-13-32(14-19-35)15-20-36(31(32)38)24-26-8-6-16-33-23-26;;/h2-11,16,21,23,29H,12-15,17-20,22,24H2,1H3,(H,34,37);2*1H. The molecule has 1 spiro atoms. The molecule has 2 amide bonds. The Labute approximate surface area is 255 Å². The summed E-state index contributed by atoms with van der Waals surface area (Å²) in [5.41, 5.74) is 2.91. The molecule has 5 rings (SSSR count). The lowest BCUT2D eigenvalue weighted by Gasteiger charge is -2.38. The molecule has 0 bridgehead atoms. The molecule has 1 aromatic heterocycles. The number of likely N-dealkylation sites (tertiary alicyclic amines) is 2. The van der Waals surface area contributed by atoms with Crippen molar-refractivity contribution in [3.63, 3.8) is 0 Å². The van der Waals surface area contributed by atoms with Crippen LogP contribution in [0.4, 0.5) is 0 Å². The maximum Gasteiger partial charge on any atom is 0.229 e. The van der Waals surface area contributed by atoms with E-state index >= 15 is 0 Å². The largest absolute Gasteiger partial charge is 0.497 e. The Hall–Kier alpha value is -3.13. The van der Waals surface area contributed by atoms with Crippen molar-refractivity contribution in [3.8, 4) is 5.75 Å². The second kappa shape index (κ2) is 15.2. The number of hydrogen-bond donors (Lipinski definition) is 1. The lowest BCUT2D eigenvalue weighted by atomic mass is 9.77. The van der Waals surface area contributed by atoms with E-state index in [1.54, 1.807) is 13.3 Å². The highest BCUT2D eigenvalue weighted by atomic mass is 35.5. The fourth-order valence-corrected chi connectivity index (χ4v) is 5.96. The van der Waals surface area contributed by atoms with E-state index in [1.165, 1.54) is 0 Å². The van der Waals surface area contributed by atoms with Crippen LogP contribution in [0.25, 0.3) is 0 Å². The van der Waals surface area contributed by atoms with Gasteiger partial charge in [0.05, 0.1) is 25.0 Å². The number of halogens is 2. The summed E-state index contributed by atoms with van der Waals surface area (Å²) in [5, 5.41) is 3.27. The number of ether oxygens (including phenoxy) is 1. The van der Waals surface area contributed by atoms with Gasteiger partial charge in [0.2, 0.25) is 11.8 Å². The fourth-order valence-electron chi connectivity index (χ4n) is 5.96. The van der Waals surface area contributed by atoms with Crippen molar-refractivity contribution in [1.82, 2.24) is 20.1 Å². The number of pyridine rings is 1. The number of carbonyl (C=O) groups is 2. The second-order valence-corrected chi connectivity index (χ2v) is 10.8. The Bertz CT molecular complexity index is 1250. The summed E-state index contributed by atoms with van der Waals surface area (Å²) < 4.78 is 5.30. The van der Waals surface area contributed by atoms with Crippen LogP contribution in [0.3, 0.4) is 0 Å². The summed E-state index contributed by atoms with van der Waals surface area (Å²) in [6, 6.07) is 21.7. The van der Waals surface area contributed by atoms with Crippen LogP contribution in [0, 0.1) is 5.41 Å². The molecular weight excluding hydrogens is 559 g/mol. The molecule has 2 aliphatic rings. The van der Waals surface area contributed by atoms with Gasteiger partial charge >= 0.3 is 0 Å². The highest BCUT2D eigenvalue weighted by Crippen LogP contribution is 2.42. The van der Waals surface area contributed by atoms with Gasteiger partial charge in [0.1, 0.15) is 5.75 Å². The number of carbonyl (C=O) groups excluding carboxylic acids is 2. The van der Waals surface area contributed by atoms with Crippen LogP contribution >= 0.6 is 24.8 Å². The van der Waals surface area contributed by atoms with Gasteiger partial charge < -0.3 is 19.9 Å². The Balaban J connectivity index is 0.00000231. The average molecular weight is 600 g/mol. The number of nitrogens with one attached hydrogen (secondary N) is 1. The molecule has 3 heterocycles. The maximum atomic E-state index is 13.4. The fraction of sp³-hybridized carbons (Fsp3) is 0.406. The number of amides is 2. The van der Waals surface area contributed by atoms with E-state index < -0.39 is 0 Å². The van der Waals surface area contributed by atoms with E-state index in [0.29, 0.717) is 18.9 Å². The first-order chi connectivity index (χ1) is 19.0. The minimum absolute atomic E-state index is 0. The summed E-state index contributed by atoms with van der Waals surface area (Å²) in [5.74, 6) is 1.06. The quantitative estimate of drug-likeness (QED) is 0.345. The summed E-state index contributed by atoms with van der Waals surface area (Å²) in [6.07, 6.45) is 7.47. The molecule has 3 aromatic rings. The van der Waals surface area contributed by atoms with Gasteiger partial charge in [0.25, 0.3) is 0 Å². The smallest absolute Gasteiger partial charge is 0.229 e. The third-order valence-corrected chi connectivity index (χ3v) is 8.28. The topological polar surface area (TPSA) is 74.8 Å². The molecule has 0 radical (unpaired) electrons. The van der Waals surface area contributed by atoms with E-state index in [9.17, 15) is 9.59 Å². The second-order valence-electron chi connectivity index (χ2n) is 10.8. The van der Waals surface area contributed by atoms with E-state index in [0.717, 1.165) is 74.3 Å². The first kappa shape index (κ1) is 32.4. The summed E-state index contributed by atoms with van der Waals surface area (Å²) in [7, 11) is 1.63. The van der Waals surface area contributed by atoms with Gasteiger partial charge in [0, 0.05) is 32.0 Å². The molecule has 0 aliphatic carbocycles. The van der Waals surface area contributed by atoms with E-state index in [-0.39, 0.29) is 42.2 Å². The van der Waals surface area contributed by atoms with Crippen LogP contribution in [-0.2, 0) is 22.6 Å². The van der Waals surface area contributed by atoms with Crippen molar-refractivity contribution in [3.05, 3.63) is 95.8 Å². The van der Waals surface area contributed by atoms with Crippen molar-refractivity contribution in [2.45, 2.75) is 44.7 Å². The molecule has 220 valence electrons. The van der Waals surface area contributed by atoms with Gasteiger partial charge in [-0.1, -0.05) is 48.5 Å². The lowest BCUT2D eigenvalue weighted by molar-refractivity contribution is -0.139. The number of methoxy groups -OCH3 is 1. The Morgan fingerprint density at radius 3 is 2.41 bits per heavy atom. The number of benzene rings is 2.